The Balaban J connectivity index is 1.96. The Morgan fingerprint density at radius 3 is 2.56 bits per heavy atom. The van der Waals surface area contributed by atoms with Gasteiger partial charge in [-0.2, -0.15) is 0 Å². The van der Waals surface area contributed by atoms with Crippen molar-refractivity contribution in [1.82, 2.24) is 4.57 Å². The minimum atomic E-state index is -0.679. The van der Waals surface area contributed by atoms with Crippen LogP contribution in [0.5, 0.6) is 11.5 Å². The van der Waals surface area contributed by atoms with E-state index in [-0.39, 0.29) is 23.7 Å². The normalized spacial score (nSPS) is 16.0. The molecule has 0 bridgehead atoms. The SMILES string of the molecule is CCOC(=O)C1=C(C)N=c2s/c(=C/c3ccc(O)cc3O)c(=O)n2[C@@H]1c1ccc(C)cc1. The number of ether oxygens (including phenoxy) is 1. The van der Waals surface area contributed by atoms with Crippen molar-refractivity contribution in [2.24, 2.45) is 4.99 Å². The molecule has 0 saturated carbocycles. The molecular weight excluding hydrogens is 428 g/mol. The first-order valence-electron chi connectivity index (χ1n) is 10.1. The van der Waals surface area contributed by atoms with E-state index in [2.05, 4.69) is 4.99 Å². The van der Waals surface area contributed by atoms with Gasteiger partial charge in [0.25, 0.3) is 5.56 Å². The Kier molecular flexibility index (Phi) is 5.71. The molecule has 164 valence electrons. The zero-order valence-electron chi connectivity index (χ0n) is 17.8. The molecule has 8 heteroatoms. The number of phenols is 2. The van der Waals surface area contributed by atoms with E-state index in [0.717, 1.165) is 11.1 Å². The monoisotopic (exact) mass is 450 g/mol. The smallest absolute Gasteiger partial charge is 0.338 e. The fourth-order valence-corrected chi connectivity index (χ4v) is 4.69. The van der Waals surface area contributed by atoms with Crippen LogP contribution in [0.1, 0.15) is 36.6 Å². The molecule has 1 aromatic heterocycles. The molecule has 0 unspecified atom stereocenters. The van der Waals surface area contributed by atoms with E-state index in [1.807, 2.05) is 31.2 Å². The van der Waals surface area contributed by atoms with Crippen LogP contribution in [0, 0.1) is 6.92 Å². The topological polar surface area (TPSA) is 101 Å². The number of thiazole rings is 1. The fraction of sp³-hybridized carbons (Fsp3) is 0.208. The van der Waals surface area contributed by atoms with Gasteiger partial charge in [0, 0.05) is 11.6 Å². The molecule has 7 nitrogen and oxygen atoms in total. The number of esters is 1. The van der Waals surface area contributed by atoms with Gasteiger partial charge in [-0.05, 0) is 44.5 Å². The number of hydrogen-bond donors (Lipinski definition) is 2. The predicted molar refractivity (Wildman–Crippen MR) is 121 cm³/mol. The summed E-state index contributed by atoms with van der Waals surface area (Å²) in [5.41, 5.74) is 2.70. The Morgan fingerprint density at radius 1 is 1.19 bits per heavy atom. The molecule has 1 aliphatic heterocycles. The van der Waals surface area contributed by atoms with Gasteiger partial charge in [-0.3, -0.25) is 9.36 Å². The number of nitrogens with zero attached hydrogens (tertiary/aromatic N) is 2. The Bertz CT molecular complexity index is 1410. The van der Waals surface area contributed by atoms with E-state index < -0.39 is 12.0 Å². The molecule has 0 amide bonds. The predicted octanol–water partition coefficient (Wildman–Crippen LogP) is 2.52. The van der Waals surface area contributed by atoms with Gasteiger partial charge in [0.2, 0.25) is 0 Å². The van der Waals surface area contributed by atoms with E-state index in [9.17, 15) is 19.8 Å². The summed E-state index contributed by atoms with van der Waals surface area (Å²) in [7, 11) is 0. The van der Waals surface area contributed by atoms with Crippen molar-refractivity contribution in [2.45, 2.75) is 26.8 Å². The lowest BCUT2D eigenvalue weighted by Gasteiger charge is -2.24. The number of aromatic hydroxyl groups is 2. The zero-order chi connectivity index (χ0) is 23.0. The van der Waals surface area contributed by atoms with Crippen molar-refractivity contribution < 1.29 is 19.7 Å². The van der Waals surface area contributed by atoms with Crippen LogP contribution in [0.2, 0.25) is 0 Å². The third-order valence-corrected chi connectivity index (χ3v) is 6.19. The lowest BCUT2D eigenvalue weighted by atomic mass is 9.95. The maximum atomic E-state index is 13.5. The van der Waals surface area contributed by atoms with Crippen LogP contribution in [0.15, 0.2) is 63.5 Å². The Labute approximate surface area is 187 Å². The standard InChI is InChI=1S/C24H22N2O5S/c1-4-31-23(30)20-14(3)25-24-26(21(20)15-7-5-13(2)6-8-15)22(29)19(32-24)11-16-9-10-17(27)12-18(16)28/h5-12,21,27-28H,4H2,1-3H3/b19-11+/t21-/m1/s1. The van der Waals surface area contributed by atoms with E-state index in [1.165, 1.54) is 34.1 Å². The highest BCUT2D eigenvalue weighted by Gasteiger charge is 2.33. The first-order valence-corrected chi connectivity index (χ1v) is 10.9. The number of phenolic OH excluding ortho intramolecular Hbond substituents is 2. The van der Waals surface area contributed by atoms with Crippen molar-refractivity contribution in [3.8, 4) is 11.5 Å². The number of carbonyl (C=O) groups excluding carboxylic acids is 1. The average Bonchev–Trinajstić information content (AvgIpc) is 3.04. The number of fused-ring (bicyclic) bond motifs is 1. The highest BCUT2D eigenvalue weighted by Crippen LogP contribution is 2.31. The molecule has 4 rings (SSSR count). The maximum absolute atomic E-state index is 13.5. The largest absolute Gasteiger partial charge is 0.508 e. The number of allylic oxidation sites excluding steroid dienone is 1. The van der Waals surface area contributed by atoms with E-state index in [0.29, 0.717) is 26.2 Å². The first-order chi connectivity index (χ1) is 15.3. The van der Waals surface area contributed by atoms with Crippen molar-refractivity contribution in [3.63, 3.8) is 0 Å². The lowest BCUT2D eigenvalue weighted by Crippen LogP contribution is -2.39. The number of rotatable bonds is 4. The molecule has 0 saturated heterocycles. The summed E-state index contributed by atoms with van der Waals surface area (Å²) in [6.07, 6.45) is 1.55. The summed E-state index contributed by atoms with van der Waals surface area (Å²) in [5, 5.41) is 19.7. The number of aryl methyl sites for hydroxylation is 1. The van der Waals surface area contributed by atoms with Crippen molar-refractivity contribution in [3.05, 3.63) is 90.1 Å². The van der Waals surface area contributed by atoms with Crippen molar-refractivity contribution in [1.29, 1.82) is 0 Å². The molecule has 0 aliphatic carbocycles. The third kappa shape index (κ3) is 3.85. The molecule has 1 aliphatic rings. The van der Waals surface area contributed by atoms with Gasteiger partial charge in [0.15, 0.2) is 4.80 Å². The lowest BCUT2D eigenvalue weighted by molar-refractivity contribution is -0.139. The van der Waals surface area contributed by atoms with Crippen LogP contribution in [-0.4, -0.2) is 27.4 Å². The van der Waals surface area contributed by atoms with Gasteiger partial charge in [0.1, 0.15) is 11.5 Å². The number of aromatic nitrogens is 1. The molecule has 2 N–H and O–H groups in total. The van der Waals surface area contributed by atoms with Crippen LogP contribution in [-0.2, 0) is 9.53 Å². The minimum Gasteiger partial charge on any atom is -0.508 e. The first kappa shape index (κ1) is 21.6. The summed E-state index contributed by atoms with van der Waals surface area (Å²) in [6.45, 7) is 5.64. The van der Waals surface area contributed by atoms with E-state index in [4.69, 9.17) is 4.74 Å². The number of carbonyl (C=O) groups is 1. The summed E-state index contributed by atoms with van der Waals surface area (Å²) >= 11 is 1.17. The molecule has 0 spiro atoms. The van der Waals surface area contributed by atoms with E-state index >= 15 is 0 Å². The van der Waals surface area contributed by atoms with Crippen molar-refractivity contribution >= 4 is 23.4 Å². The fourth-order valence-electron chi connectivity index (χ4n) is 3.65. The summed E-state index contributed by atoms with van der Waals surface area (Å²) < 4.78 is 7.12. The van der Waals surface area contributed by atoms with Crippen LogP contribution < -0.4 is 14.9 Å². The molecular formula is C24H22N2O5S. The molecule has 3 aromatic rings. The zero-order valence-corrected chi connectivity index (χ0v) is 18.6. The molecule has 1 atom stereocenters. The minimum absolute atomic E-state index is 0.0739. The quantitative estimate of drug-likeness (QED) is 0.595. The molecule has 0 radical (unpaired) electrons. The van der Waals surface area contributed by atoms with Crippen LogP contribution in [0.25, 0.3) is 6.08 Å². The average molecular weight is 451 g/mol. The summed E-state index contributed by atoms with van der Waals surface area (Å²) in [6, 6.07) is 11.1. The second-order valence-electron chi connectivity index (χ2n) is 7.46. The third-order valence-electron chi connectivity index (χ3n) is 5.21. The van der Waals surface area contributed by atoms with Crippen LogP contribution in [0.3, 0.4) is 0 Å². The second-order valence-corrected chi connectivity index (χ2v) is 8.47. The maximum Gasteiger partial charge on any atom is 0.338 e. The van der Waals surface area contributed by atoms with E-state index in [1.54, 1.807) is 19.9 Å². The second kappa shape index (κ2) is 8.47. The van der Waals surface area contributed by atoms with Gasteiger partial charge in [0.05, 0.1) is 28.5 Å². The van der Waals surface area contributed by atoms with Gasteiger partial charge in [-0.1, -0.05) is 41.2 Å². The van der Waals surface area contributed by atoms with Crippen LogP contribution in [0.4, 0.5) is 0 Å². The Morgan fingerprint density at radius 2 is 1.91 bits per heavy atom. The van der Waals surface area contributed by atoms with Crippen molar-refractivity contribution in [2.75, 3.05) is 6.61 Å². The number of hydrogen-bond acceptors (Lipinski definition) is 7. The van der Waals surface area contributed by atoms with Gasteiger partial charge in [-0.25, -0.2) is 9.79 Å². The van der Waals surface area contributed by atoms with Gasteiger partial charge < -0.3 is 14.9 Å². The molecule has 0 fully saturated rings. The molecule has 2 heterocycles. The Hall–Kier alpha value is -3.65. The summed E-state index contributed by atoms with van der Waals surface area (Å²) in [5.74, 6) is -0.728. The summed E-state index contributed by atoms with van der Waals surface area (Å²) in [4.78, 5) is 31.3. The highest BCUT2D eigenvalue weighted by atomic mass is 32.1. The molecule has 32 heavy (non-hydrogen) atoms. The highest BCUT2D eigenvalue weighted by molar-refractivity contribution is 7.07. The van der Waals surface area contributed by atoms with Gasteiger partial charge in [-0.15, -0.1) is 0 Å². The number of benzene rings is 2. The molecule has 2 aromatic carbocycles. The van der Waals surface area contributed by atoms with Crippen LogP contribution >= 0.6 is 11.3 Å². The van der Waals surface area contributed by atoms with Gasteiger partial charge >= 0.3 is 5.97 Å².